The Kier molecular flexibility index (Phi) is 4.55. The molecule has 0 radical (unpaired) electrons. The van der Waals surface area contributed by atoms with Crippen LogP contribution in [0.25, 0.3) is 0 Å². The normalized spacial score (nSPS) is 15.8. The van der Waals surface area contributed by atoms with Gasteiger partial charge in [-0.05, 0) is 12.8 Å². The van der Waals surface area contributed by atoms with Gasteiger partial charge in [0.2, 0.25) is 0 Å². The summed E-state index contributed by atoms with van der Waals surface area (Å²) in [6, 6.07) is 0.581. The first kappa shape index (κ1) is 11.7. The lowest BCUT2D eigenvalue weighted by atomic mass is 10.1. The molecule has 1 N–H and O–H groups in total. The van der Waals surface area contributed by atoms with E-state index >= 15 is 0 Å². The average molecular weight is 212 g/mol. The highest BCUT2D eigenvalue weighted by molar-refractivity contribution is 7.09. The molecule has 80 valence electrons. The first-order valence-electron chi connectivity index (χ1n) is 5.24. The SMILES string of the molecule is CC(CNC(C)C(C)C)c1nccs1. The molecule has 3 heteroatoms. The number of rotatable bonds is 5. The summed E-state index contributed by atoms with van der Waals surface area (Å²) in [5.41, 5.74) is 0. The van der Waals surface area contributed by atoms with Gasteiger partial charge in [0, 0.05) is 30.1 Å². The van der Waals surface area contributed by atoms with E-state index in [4.69, 9.17) is 0 Å². The maximum Gasteiger partial charge on any atom is 0.0965 e. The zero-order valence-electron chi connectivity index (χ0n) is 9.45. The van der Waals surface area contributed by atoms with Crippen molar-refractivity contribution in [2.24, 2.45) is 5.92 Å². The Morgan fingerprint density at radius 3 is 2.57 bits per heavy atom. The molecule has 1 rings (SSSR count). The predicted octanol–water partition coefficient (Wildman–Crippen LogP) is 2.88. The maximum atomic E-state index is 4.32. The number of nitrogens with one attached hydrogen (secondary N) is 1. The van der Waals surface area contributed by atoms with Crippen LogP contribution in [0.1, 0.15) is 38.6 Å². The van der Waals surface area contributed by atoms with Gasteiger partial charge in [0.05, 0.1) is 5.01 Å². The van der Waals surface area contributed by atoms with Crippen molar-refractivity contribution in [1.82, 2.24) is 10.3 Å². The summed E-state index contributed by atoms with van der Waals surface area (Å²) in [6.45, 7) is 9.96. The summed E-state index contributed by atoms with van der Waals surface area (Å²) in [5, 5.41) is 6.81. The van der Waals surface area contributed by atoms with E-state index in [1.807, 2.05) is 11.6 Å². The third-order valence-electron chi connectivity index (χ3n) is 2.62. The summed E-state index contributed by atoms with van der Waals surface area (Å²) < 4.78 is 0. The Morgan fingerprint density at radius 2 is 2.07 bits per heavy atom. The highest BCUT2D eigenvalue weighted by Gasteiger charge is 2.11. The Balaban J connectivity index is 2.32. The predicted molar refractivity (Wildman–Crippen MR) is 62.8 cm³/mol. The van der Waals surface area contributed by atoms with Gasteiger partial charge in [-0.3, -0.25) is 0 Å². The van der Waals surface area contributed by atoms with E-state index in [9.17, 15) is 0 Å². The van der Waals surface area contributed by atoms with Crippen molar-refractivity contribution in [3.63, 3.8) is 0 Å². The fourth-order valence-electron chi connectivity index (χ4n) is 1.16. The summed E-state index contributed by atoms with van der Waals surface area (Å²) in [4.78, 5) is 4.32. The van der Waals surface area contributed by atoms with E-state index in [0.717, 1.165) is 6.54 Å². The first-order valence-corrected chi connectivity index (χ1v) is 6.12. The minimum absolute atomic E-state index is 0.524. The number of nitrogens with zero attached hydrogens (tertiary/aromatic N) is 1. The van der Waals surface area contributed by atoms with E-state index in [1.54, 1.807) is 11.3 Å². The van der Waals surface area contributed by atoms with Crippen LogP contribution >= 0.6 is 11.3 Å². The molecule has 1 heterocycles. The van der Waals surface area contributed by atoms with Crippen molar-refractivity contribution in [2.45, 2.75) is 39.7 Å². The topological polar surface area (TPSA) is 24.9 Å². The maximum absolute atomic E-state index is 4.32. The average Bonchev–Trinajstić information content (AvgIpc) is 2.66. The minimum Gasteiger partial charge on any atom is -0.313 e. The highest BCUT2D eigenvalue weighted by Crippen LogP contribution is 2.16. The van der Waals surface area contributed by atoms with Crippen molar-refractivity contribution in [3.05, 3.63) is 16.6 Å². The smallest absolute Gasteiger partial charge is 0.0965 e. The molecule has 2 unspecified atom stereocenters. The third-order valence-corrected chi connectivity index (χ3v) is 3.63. The summed E-state index contributed by atoms with van der Waals surface area (Å²) in [6.07, 6.45) is 1.88. The number of aromatic nitrogens is 1. The van der Waals surface area contributed by atoms with Gasteiger partial charge < -0.3 is 5.32 Å². The molecule has 0 fully saturated rings. The van der Waals surface area contributed by atoms with E-state index < -0.39 is 0 Å². The summed E-state index contributed by atoms with van der Waals surface area (Å²) in [5.74, 6) is 1.22. The second-order valence-electron chi connectivity index (χ2n) is 4.21. The van der Waals surface area contributed by atoms with E-state index in [-0.39, 0.29) is 0 Å². The van der Waals surface area contributed by atoms with Crippen LogP contribution in [-0.4, -0.2) is 17.6 Å². The van der Waals surface area contributed by atoms with Crippen molar-refractivity contribution >= 4 is 11.3 Å². The number of thiazole rings is 1. The van der Waals surface area contributed by atoms with Gasteiger partial charge in [-0.15, -0.1) is 11.3 Å². The summed E-state index contributed by atoms with van der Waals surface area (Å²) >= 11 is 1.74. The lowest BCUT2D eigenvalue weighted by Gasteiger charge is -2.19. The standard InChI is InChI=1S/C11H20N2S/c1-8(2)10(4)13-7-9(3)11-12-5-6-14-11/h5-6,8-10,13H,7H2,1-4H3. The zero-order valence-corrected chi connectivity index (χ0v) is 10.3. The van der Waals surface area contributed by atoms with Crippen molar-refractivity contribution < 1.29 is 0 Å². The van der Waals surface area contributed by atoms with Crippen LogP contribution in [0.5, 0.6) is 0 Å². The van der Waals surface area contributed by atoms with Crippen LogP contribution in [-0.2, 0) is 0 Å². The quantitative estimate of drug-likeness (QED) is 0.812. The number of hydrogen-bond acceptors (Lipinski definition) is 3. The van der Waals surface area contributed by atoms with Crippen LogP contribution < -0.4 is 5.32 Å². The molecule has 0 aliphatic carbocycles. The Hall–Kier alpha value is -0.410. The molecule has 0 amide bonds. The van der Waals surface area contributed by atoms with E-state index in [1.165, 1.54) is 5.01 Å². The molecule has 1 aromatic rings. The Labute approximate surface area is 90.8 Å². The fraction of sp³-hybridized carbons (Fsp3) is 0.727. The monoisotopic (exact) mass is 212 g/mol. The Bertz CT molecular complexity index is 244. The number of hydrogen-bond donors (Lipinski definition) is 1. The van der Waals surface area contributed by atoms with E-state index in [0.29, 0.717) is 17.9 Å². The van der Waals surface area contributed by atoms with Crippen LogP contribution in [0.4, 0.5) is 0 Å². The van der Waals surface area contributed by atoms with Crippen molar-refractivity contribution in [3.8, 4) is 0 Å². The molecule has 14 heavy (non-hydrogen) atoms. The Morgan fingerprint density at radius 1 is 1.36 bits per heavy atom. The van der Waals surface area contributed by atoms with Crippen LogP contribution in [0.3, 0.4) is 0 Å². The molecular formula is C11H20N2S. The van der Waals surface area contributed by atoms with Gasteiger partial charge in [0.1, 0.15) is 0 Å². The van der Waals surface area contributed by atoms with Gasteiger partial charge in [0.25, 0.3) is 0 Å². The van der Waals surface area contributed by atoms with Gasteiger partial charge >= 0.3 is 0 Å². The second kappa shape index (κ2) is 5.47. The first-order chi connectivity index (χ1) is 6.61. The minimum atomic E-state index is 0.524. The highest BCUT2D eigenvalue weighted by atomic mass is 32.1. The van der Waals surface area contributed by atoms with Crippen LogP contribution in [0, 0.1) is 5.92 Å². The molecule has 1 aromatic heterocycles. The van der Waals surface area contributed by atoms with Gasteiger partial charge in [-0.1, -0.05) is 20.8 Å². The second-order valence-corrected chi connectivity index (χ2v) is 5.14. The molecule has 0 bridgehead atoms. The van der Waals surface area contributed by atoms with E-state index in [2.05, 4.69) is 38.0 Å². The van der Waals surface area contributed by atoms with Gasteiger partial charge in [-0.25, -0.2) is 4.98 Å². The molecule has 0 saturated carbocycles. The molecule has 0 saturated heterocycles. The molecule has 0 aliphatic heterocycles. The summed E-state index contributed by atoms with van der Waals surface area (Å²) in [7, 11) is 0. The van der Waals surface area contributed by atoms with Crippen molar-refractivity contribution in [1.29, 1.82) is 0 Å². The molecule has 0 aliphatic rings. The lowest BCUT2D eigenvalue weighted by molar-refractivity contribution is 0.416. The molecular weight excluding hydrogens is 192 g/mol. The fourth-order valence-corrected chi connectivity index (χ4v) is 1.86. The van der Waals surface area contributed by atoms with Crippen molar-refractivity contribution in [2.75, 3.05) is 6.54 Å². The molecule has 2 atom stereocenters. The van der Waals surface area contributed by atoms with Gasteiger partial charge in [0.15, 0.2) is 0 Å². The lowest BCUT2D eigenvalue weighted by Crippen LogP contribution is -2.33. The molecule has 0 spiro atoms. The largest absolute Gasteiger partial charge is 0.313 e. The van der Waals surface area contributed by atoms with Crippen LogP contribution in [0.2, 0.25) is 0 Å². The van der Waals surface area contributed by atoms with Crippen LogP contribution in [0.15, 0.2) is 11.6 Å². The third kappa shape index (κ3) is 3.39. The molecule has 0 aromatic carbocycles. The zero-order chi connectivity index (χ0) is 10.6. The van der Waals surface area contributed by atoms with Gasteiger partial charge in [-0.2, -0.15) is 0 Å². The molecule has 2 nitrogen and oxygen atoms in total.